The second-order valence-electron chi connectivity index (χ2n) is 12.2. The van der Waals surface area contributed by atoms with Gasteiger partial charge in [0.15, 0.2) is 5.75 Å². The molecule has 9 nitrogen and oxygen atoms in total. The molecule has 1 N–H and O–H groups in total. The number of carbonyl (C=O) groups excluding carboxylic acids is 1. The summed E-state index contributed by atoms with van der Waals surface area (Å²) in [5.74, 6) is 1.89. The number of amides is 1. The highest BCUT2D eigenvalue weighted by molar-refractivity contribution is 8.00. The van der Waals surface area contributed by atoms with Crippen molar-refractivity contribution in [3.8, 4) is 22.9 Å². The summed E-state index contributed by atoms with van der Waals surface area (Å²) in [6.45, 7) is 13.7. The van der Waals surface area contributed by atoms with Gasteiger partial charge in [0.1, 0.15) is 12.4 Å². The summed E-state index contributed by atoms with van der Waals surface area (Å²) in [6.07, 6.45) is 4.91. The van der Waals surface area contributed by atoms with Crippen molar-refractivity contribution in [1.82, 2.24) is 24.8 Å². The summed E-state index contributed by atoms with van der Waals surface area (Å²) in [6, 6.07) is 15.4. The van der Waals surface area contributed by atoms with Gasteiger partial charge >= 0.3 is 0 Å². The first-order valence-corrected chi connectivity index (χ1v) is 15.8. The lowest BCUT2D eigenvalue weighted by molar-refractivity contribution is 0.0546. The molecule has 0 spiro atoms. The van der Waals surface area contributed by atoms with E-state index >= 15 is 0 Å². The van der Waals surface area contributed by atoms with Gasteiger partial charge in [-0.25, -0.2) is 15.0 Å². The molecule has 10 heteroatoms. The van der Waals surface area contributed by atoms with Gasteiger partial charge in [-0.15, -0.1) is 0 Å². The first-order chi connectivity index (χ1) is 21.1. The lowest BCUT2D eigenvalue weighted by Gasteiger charge is -2.33. The number of nitrogens with zero attached hydrogens (tertiary/aromatic N) is 5. The molecule has 3 heterocycles. The summed E-state index contributed by atoms with van der Waals surface area (Å²) in [4.78, 5) is 35.6. The SMILES string of the molecule is CCOc1cnc(CN2C(=O)c3cccc(c3)SNc3nc(cc(-c4c(C)cccc4C)n3)OC[C@H]2CCC(C)(C)C)nc1. The molecule has 5 rings (SSSR count). The van der Waals surface area contributed by atoms with Crippen molar-refractivity contribution in [2.24, 2.45) is 5.41 Å². The highest BCUT2D eigenvalue weighted by Crippen LogP contribution is 2.32. The number of carbonyl (C=O) groups is 1. The van der Waals surface area contributed by atoms with E-state index < -0.39 is 0 Å². The number of benzene rings is 2. The molecule has 44 heavy (non-hydrogen) atoms. The van der Waals surface area contributed by atoms with Gasteiger partial charge in [-0.05, 0) is 80.3 Å². The number of rotatable bonds is 7. The van der Waals surface area contributed by atoms with Crippen LogP contribution in [0.1, 0.15) is 67.8 Å². The van der Waals surface area contributed by atoms with Crippen LogP contribution < -0.4 is 14.2 Å². The van der Waals surface area contributed by atoms with Crippen LogP contribution in [0.25, 0.3) is 11.3 Å². The fourth-order valence-corrected chi connectivity index (χ4v) is 5.78. The maximum atomic E-state index is 14.3. The molecular formula is C34H40N6O3S. The van der Waals surface area contributed by atoms with Crippen LogP contribution in [0.5, 0.6) is 11.6 Å². The summed E-state index contributed by atoms with van der Waals surface area (Å²) in [7, 11) is 0. The Morgan fingerprint density at radius 3 is 2.48 bits per heavy atom. The van der Waals surface area contributed by atoms with Gasteiger partial charge in [0.2, 0.25) is 11.8 Å². The predicted octanol–water partition coefficient (Wildman–Crippen LogP) is 7.30. The van der Waals surface area contributed by atoms with Crippen LogP contribution in [-0.2, 0) is 6.54 Å². The lowest BCUT2D eigenvalue weighted by atomic mass is 9.88. The normalized spacial score (nSPS) is 15.4. The standard InChI is InChI=1S/C34H40N6O3S/c1-7-42-26-18-35-29(36-19-26)20-40-25(14-15-34(4,5)6)21-43-30-17-28(31-22(2)10-8-11-23(31)3)37-33(38-30)39-44-27-13-9-12-24(16-27)32(40)41/h8-13,16-19,25H,7,14-15,20-21H2,1-6H3,(H,37,38,39)/t25-/m1/s1. The number of fused-ring (bicyclic) bond motifs is 4. The molecule has 1 aliphatic heterocycles. The topological polar surface area (TPSA) is 102 Å². The maximum absolute atomic E-state index is 14.3. The molecule has 4 aromatic rings. The third kappa shape index (κ3) is 7.85. The van der Waals surface area contributed by atoms with Crippen LogP contribution in [0.2, 0.25) is 0 Å². The average Bonchev–Trinajstić information content (AvgIpc) is 2.99. The Bertz CT molecular complexity index is 1590. The lowest BCUT2D eigenvalue weighted by Crippen LogP contribution is -2.44. The molecule has 0 saturated heterocycles. The molecule has 0 aliphatic carbocycles. The second kappa shape index (κ2) is 13.6. The number of nitrogens with one attached hydrogen (secondary N) is 1. The maximum Gasteiger partial charge on any atom is 0.254 e. The minimum absolute atomic E-state index is 0.0591. The Morgan fingerprint density at radius 2 is 1.77 bits per heavy atom. The Hall–Kier alpha value is -4.18. The molecule has 4 bridgehead atoms. The van der Waals surface area contributed by atoms with E-state index in [-0.39, 0.29) is 30.5 Å². The van der Waals surface area contributed by atoms with Crippen LogP contribution in [0.4, 0.5) is 5.95 Å². The molecule has 2 aromatic heterocycles. The van der Waals surface area contributed by atoms with Crippen molar-refractivity contribution >= 4 is 23.8 Å². The number of ether oxygens (including phenoxy) is 2. The zero-order valence-electron chi connectivity index (χ0n) is 26.3. The minimum Gasteiger partial charge on any atom is -0.491 e. The van der Waals surface area contributed by atoms with E-state index in [1.165, 1.54) is 11.9 Å². The van der Waals surface area contributed by atoms with Gasteiger partial charge in [0, 0.05) is 22.1 Å². The number of hydrogen-bond donors (Lipinski definition) is 1. The Labute approximate surface area is 264 Å². The number of anilines is 1. The van der Waals surface area contributed by atoms with Gasteiger partial charge in [-0.2, -0.15) is 4.98 Å². The van der Waals surface area contributed by atoms with Gasteiger partial charge in [-0.1, -0.05) is 45.0 Å². The van der Waals surface area contributed by atoms with E-state index in [1.54, 1.807) is 12.4 Å². The van der Waals surface area contributed by atoms with Crippen LogP contribution >= 0.6 is 11.9 Å². The molecule has 0 saturated carbocycles. The van der Waals surface area contributed by atoms with Crippen molar-refractivity contribution < 1.29 is 14.3 Å². The van der Waals surface area contributed by atoms with Crippen molar-refractivity contribution in [1.29, 1.82) is 0 Å². The summed E-state index contributed by atoms with van der Waals surface area (Å²) in [5.41, 5.74) is 4.70. The molecule has 0 unspecified atom stereocenters. The second-order valence-corrected chi connectivity index (χ2v) is 13.1. The highest BCUT2D eigenvalue weighted by Gasteiger charge is 2.29. The third-order valence-corrected chi connectivity index (χ3v) is 8.21. The molecule has 0 fully saturated rings. The monoisotopic (exact) mass is 612 g/mol. The van der Waals surface area contributed by atoms with Crippen molar-refractivity contribution in [3.63, 3.8) is 0 Å². The molecule has 0 radical (unpaired) electrons. The molecule has 1 aliphatic rings. The van der Waals surface area contributed by atoms with Crippen LogP contribution in [0, 0.1) is 19.3 Å². The Balaban J connectivity index is 1.57. The van der Waals surface area contributed by atoms with E-state index in [0.717, 1.165) is 40.1 Å². The van der Waals surface area contributed by atoms with E-state index in [9.17, 15) is 4.79 Å². The zero-order valence-corrected chi connectivity index (χ0v) is 27.1. The van der Waals surface area contributed by atoms with Crippen molar-refractivity contribution in [3.05, 3.63) is 83.4 Å². The Kier molecular flexibility index (Phi) is 9.68. The zero-order chi connectivity index (χ0) is 31.3. The smallest absolute Gasteiger partial charge is 0.254 e. The summed E-state index contributed by atoms with van der Waals surface area (Å²) >= 11 is 1.35. The van der Waals surface area contributed by atoms with E-state index in [1.807, 2.05) is 48.2 Å². The van der Waals surface area contributed by atoms with E-state index in [2.05, 4.69) is 61.4 Å². The molecule has 1 amide bonds. The summed E-state index contributed by atoms with van der Waals surface area (Å²) in [5, 5.41) is 0. The number of hydrogen-bond acceptors (Lipinski definition) is 9. The first-order valence-electron chi connectivity index (χ1n) is 15.0. The van der Waals surface area contributed by atoms with Gasteiger partial charge in [0.05, 0.1) is 37.3 Å². The Morgan fingerprint density at radius 1 is 1.05 bits per heavy atom. The molecule has 1 atom stereocenters. The molecule has 230 valence electrons. The fraction of sp³-hybridized carbons (Fsp3) is 0.382. The highest BCUT2D eigenvalue weighted by atomic mass is 32.2. The number of aryl methyl sites for hydroxylation is 2. The van der Waals surface area contributed by atoms with Crippen LogP contribution in [0.3, 0.4) is 0 Å². The van der Waals surface area contributed by atoms with Crippen molar-refractivity contribution in [2.75, 3.05) is 17.9 Å². The van der Waals surface area contributed by atoms with Gasteiger partial charge < -0.3 is 14.4 Å². The fourth-order valence-electron chi connectivity index (χ4n) is 5.15. The molecule has 2 aromatic carbocycles. The number of aromatic nitrogens is 4. The first kappa shape index (κ1) is 31.3. The van der Waals surface area contributed by atoms with E-state index in [4.69, 9.17) is 19.4 Å². The predicted molar refractivity (Wildman–Crippen MR) is 174 cm³/mol. The average molecular weight is 613 g/mol. The summed E-state index contributed by atoms with van der Waals surface area (Å²) < 4.78 is 15.3. The van der Waals surface area contributed by atoms with Gasteiger partial charge in [0.25, 0.3) is 5.91 Å². The van der Waals surface area contributed by atoms with E-state index in [0.29, 0.717) is 35.6 Å². The van der Waals surface area contributed by atoms with Crippen LogP contribution in [0.15, 0.2) is 65.8 Å². The molecular weight excluding hydrogens is 572 g/mol. The van der Waals surface area contributed by atoms with Crippen LogP contribution in [-0.4, -0.2) is 50.0 Å². The largest absolute Gasteiger partial charge is 0.491 e. The van der Waals surface area contributed by atoms with Crippen molar-refractivity contribution in [2.45, 2.75) is 71.9 Å². The quantitative estimate of drug-likeness (QED) is 0.215. The minimum atomic E-state index is -0.274. The van der Waals surface area contributed by atoms with Gasteiger partial charge in [-0.3, -0.25) is 9.52 Å². The third-order valence-electron chi connectivity index (χ3n) is 7.44.